The fourth-order valence-electron chi connectivity index (χ4n) is 10.0. The van der Waals surface area contributed by atoms with Crippen molar-refractivity contribution in [3.8, 4) is 5.75 Å². The molecular weight excluding hydrogens is 568 g/mol. The summed E-state index contributed by atoms with van der Waals surface area (Å²) < 4.78 is 30.3. The van der Waals surface area contributed by atoms with Crippen molar-refractivity contribution in [2.45, 2.75) is 89.4 Å². The van der Waals surface area contributed by atoms with Gasteiger partial charge in [-0.05, 0) is 103 Å². The Morgan fingerprint density at radius 2 is 1.75 bits per heavy atom. The fourth-order valence-corrected chi connectivity index (χ4v) is 10.3. The molecule has 5 fully saturated rings. The van der Waals surface area contributed by atoms with Gasteiger partial charge in [-0.25, -0.2) is 0 Å². The second kappa shape index (κ2) is 12.0. The highest BCUT2D eigenvalue weighted by atomic mass is 79.9. The molecule has 4 aliphatic carbocycles. The van der Waals surface area contributed by atoms with Crippen LogP contribution in [0.5, 0.6) is 5.75 Å². The molecule has 1 aromatic rings. The third-order valence-corrected chi connectivity index (χ3v) is 12.3. The number of alkyl halides is 1. The first-order chi connectivity index (χ1) is 19.4. The molecule has 1 aromatic carbocycles. The first-order valence-electron chi connectivity index (χ1n) is 15.7. The van der Waals surface area contributed by atoms with Crippen LogP contribution in [0.4, 0.5) is 0 Å². The lowest BCUT2D eigenvalue weighted by atomic mass is 9.41. The van der Waals surface area contributed by atoms with Gasteiger partial charge in [0.1, 0.15) is 19.1 Å². The van der Waals surface area contributed by atoms with Crippen LogP contribution >= 0.6 is 15.9 Å². The van der Waals surface area contributed by atoms with Crippen molar-refractivity contribution in [3.63, 3.8) is 0 Å². The smallest absolute Gasteiger partial charge is 0.168 e. The van der Waals surface area contributed by atoms with Gasteiger partial charge in [0.2, 0.25) is 0 Å². The molecule has 0 N–H and O–H groups in total. The van der Waals surface area contributed by atoms with Crippen LogP contribution in [-0.4, -0.2) is 50.9 Å². The second-order valence-corrected chi connectivity index (χ2v) is 14.5. The van der Waals surface area contributed by atoms with Gasteiger partial charge in [0.05, 0.1) is 19.3 Å². The molecule has 222 valence electrons. The van der Waals surface area contributed by atoms with E-state index in [2.05, 4.69) is 66.2 Å². The maximum atomic E-state index is 6.39. The Kier molecular flexibility index (Phi) is 8.74. The summed E-state index contributed by atoms with van der Waals surface area (Å²) in [5, 5.41) is 0.986. The number of allylic oxidation sites excluding steroid dienone is 1. The van der Waals surface area contributed by atoms with Crippen molar-refractivity contribution < 1.29 is 23.7 Å². The monoisotopic (exact) mass is 616 g/mol. The first-order valence-corrected chi connectivity index (χ1v) is 16.9. The van der Waals surface area contributed by atoms with Gasteiger partial charge in [-0.3, -0.25) is 0 Å². The SMILES string of the molecule is COCO[C@H]1CC[C@H]2[C@@H]3CC[C@H]4CC5(CC[C@]4(C)[C@H]3[C@@H](c3ccc(OCC=CCCBr)cc3)C[C@]12C)OCCO5. The molecule has 0 bridgehead atoms. The van der Waals surface area contributed by atoms with E-state index in [1.54, 1.807) is 7.11 Å². The minimum atomic E-state index is -0.315. The van der Waals surface area contributed by atoms with Crippen LogP contribution in [0.1, 0.15) is 83.1 Å². The predicted molar refractivity (Wildman–Crippen MR) is 161 cm³/mol. The molecule has 1 aliphatic heterocycles. The number of fused-ring (bicyclic) bond motifs is 5. The van der Waals surface area contributed by atoms with Crippen LogP contribution in [0.2, 0.25) is 0 Å². The molecular formula is C34H49BrO5. The Morgan fingerprint density at radius 1 is 0.950 bits per heavy atom. The summed E-state index contributed by atoms with van der Waals surface area (Å²) in [6, 6.07) is 9.12. The van der Waals surface area contributed by atoms with E-state index in [4.69, 9.17) is 23.7 Å². The molecule has 5 aliphatic rings. The largest absolute Gasteiger partial charge is 0.490 e. The molecule has 6 heteroatoms. The molecule has 6 rings (SSSR count). The molecule has 1 saturated heterocycles. The lowest BCUT2D eigenvalue weighted by Gasteiger charge is -2.64. The minimum absolute atomic E-state index is 0.177. The van der Waals surface area contributed by atoms with Gasteiger partial charge in [0.25, 0.3) is 0 Å². The quantitative estimate of drug-likeness (QED) is 0.160. The van der Waals surface area contributed by atoms with E-state index in [-0.39, 0.29) is 17.3 Å². The third-order valence-electron chi connectivity index (χ3n) is 11.8. The van der Waals surface area contributed by atoms with Gasteiger partial charge < -0.3 is 23.7 Å². The van der Waals surface area contributed by atoms with E-state index < -0.39 is 0 Å². The summed E-state index contributed by atoms with van der Waals surface area (Å²) in [5.41, 5.74) is 1.96. The van der Waals surface area contributed by atoms with Gasteiger partial charge >= 0.3 is 0 Å². The Bertz CT molecular complexity index is 1020. The molecule has 0 radical (unpaired) electrons. The highest BCUT2D eigenvalue weighted by Gasteiger charge is 2.65. The van der Waals surface area contributed by atoms with Gasteiger partial charge in [-0.15, -0.1) is 0 Å². The zero-order valence-corrected chi connectivity index (χ0v) is 26.3. The van der Waals surface area contributed by atoms with E-state index in [0.717, 1.165) is 61.8 Å². The molecule has 0 amide bonds. The average molecular weight is 618 g/mol. The average Bonchev–Trinajstić information content (AvgIpc) is 3.56. The Morgan fingerprint density at radius 3 is 2.50 bits per heavy atom. The standard InChI is InChI=1S/C34H49BrO5/c1-32-15-16-34(39-19-20-40-34)21-25(32)9-12-27-29-13-14-30(38-23-36-3)33(29,2)22-28(31(27)32)24-7-10-26(11-8-24)37-18-6-4-5-17-35/h4,6-8,10-11,25,27-31H,5,9,12-23H2,1-3H3/t25-,27-,28+,29-,30-,31+,32-,33-/m0/s1. The molecule has 40 heavy (non-hydrogen) atoms. The molecule has 4 saturated carbocycles. The number of methoxy groups -OCH3 is 1. The highest BCUT2D eigenvalue weighted by molar-refractivity contribution is 9.09. The van der Waals surface area contributed by atoms with Crippen LogP contribution in [0, 0.1) is 34.5 Å². The lowest BCUT2D eigenvalue weighted by Crippen LogP contribution is -2.58. The minimum Gasteiger partial charge on any atom is -0.490 e. The second-order valence-electron chi connectivity index (χ2n) is 13.7. The summed E-state index contributed by atoms with van der Waals surface area (Å²) in [5.74, 6) is 3.93. The van der Waals surface area contributed by atoms with Gasteiger partial charge in [0.15, 0.2) is 5.79 Å². The summed E-state index contributed by atoms with van der Waals surface area (Å²) in [7, 11) is 1.74. The van der Waals surface area contributed by atoms with Crippen LogP contribution in [0.25, 0.3) is 0 Å². The van der Waals surface area contributed by atoms with E-state index in [0.29, 0.717) is 36.6 Å². The molecule has 0 aromatic heterocycles. The summed E-state index contributed by atoms with van der Waals surface area (Å²) >= 11 is 3.47. The normalized spacial score (nSPS) is 40.2. The maximum Gasteiger partial charge on any atom is 0.168 e. The van der Waals surface area contributed by atoms with E-state index >= 15 is 0 Å². The number of rotatable bonds is 9. The van der Waals surface area contributed by atoms with E-state index in [9.17, 15) is 0 Å². The Hall–Kier alpha value is -0.920. The highest BCUT2D eigenvalue weighted by Crippen LogP contribution is 2.70. The summed E-state index contributed by atoms with van der Waals surface area (Å²) in [6.07, 6.45) is 15.1. The van der Waals surface area contributed by atoms with Crippen LogP contribution in [-0.2, 0) is 18.9 Å². The Balaban J connectivity index is 1.29. The molecule has 8 atom stereocenters. The van der Waals surface area contributed by atoms with Gasteiger partial charge in [-0.2, -0.15) is 0 Å². The van der Waals surface area contributed by atoms with E-state index in [1.807, 2.05) is 0 Å². The van der Waals surface area contributed by atoms with Crippen LogP contribution in [0.3, 0.4) is 0 Å². The van der Waals surface area contributed by atoms with Crippen LogP contribution < -0.4 is 4.74 Å². The number of hydrogen-bond donors (Lipinski definition) is 0. The summed E-state index contributed by atoms with van der Waals surface area (Å²) in [4.78, 5) is 0. The van der Waals surface area contributed by atoms with E-state index in [1.165, 1.54) is 37.7 Å². The first kappa shape index (κ1) is 29.2. The molecule has 0 unspecified atom stereocenters. The van der Waals surface area contributed by atoms with Gasteiger partial charge in [-0.1, -0.05) is 54.1 Å². The summed E-state index contributed by atoms with van der Waals surface area (Å²) in [6.45, 7) is 7.68. The van der Waals surface area contributed by atoms with Crippen molar-refractivity contribution in [1.82, 2.24) is 0 Å². The fraction of sp³-hybridized carbons (Fsp3) is 0.765. The van der Waals surface area contributed by atoms with Crippen molar-refractivity contribution in [2.24, 2.45) is 34.5 Å². The van der Waals surface area contributed by atoms with Crippen molar-refractivity contribution in [2.75, 3.05) is 39.1 Å². The molecule has 1 heterocycles. The number of ether oxygens (including phenoxy) is 5. The number of halogens is 1. The maximum absolute atomic E-state index is 6.39. The van der Waals surface area contributed by atoms with Crippen molar-refractivity contribution in [3.05, 3.63) is 42.0 Å². The zero-order valence-electron chi connectivity index (χ0n) is 24.7. The molecule has 1 spiro atoms. The van der Waals surface area contributed by atoms with Crippen LogP contribution in [0.15, 0.2) is 36.4 Å². The molecule has 5 nitrogen and oxygen atoms in total. The number of hydrogen-bond acceptors (Lipinski definition) is 5. The van der Waals surface area contributed by atoms with Gasteiger partial charge in [0, 0.05) is 25.3 Å². The Labute approximate surface area is 249 Å². The zero-order chi connectivity index (χ0) is 27.8. The predicted octanol–water partition coefficient (Wildman–Crippen LogP) is 7.88. The topological polar surface area (TPSA) is 46.2 Å². The lowest BCUT2D eigenvalue weighted by molar-refractivity contribution is -0.234. The van der Waals surface area contributed by atoms with Crippen molar-refractivity contribution >= 4 is 15.9 Å². The third kappa shape index (κ3) is 5.23. The number of benzene rings is 1. The van der Waals surface area contributed by atoms with Crippen molar-refractivity contribution in [1.29, 1.82) is 0 Å².